The number of Topliss-reactive ketones (excluding diaryl/α,β-unsaturated/α-hetero) is 1. The van der Waals surface area contributed by atoms with Crippen LogP contribution in [0.1, 0.15) is 48.0 Å². The lowest BCUT2D eigenvalue weighted by atomic mass is 9.74. The largest absolute Gasteiger partial charge is 0.294 e. The van der Waals surface area contributed by atoms with E-state index in [1.807, 2.05) is 0 Å². The van der Waals surface area contributed by atoms with Crippen molar-refractivity contribution in [3.05, 3.63) is 96.1 Å². The molecular weight excluding hydrogens is 390 g/mol. The Morgan fingerprint density at radius 2 is 1.31 bits per heavy atom. The summed E-state index contributed by atoms with van der Waals surface area (Å²) in [6, 6.07) is 30.8. The van der Waals surface area contributed by atoms with Crippen molar-refractivity contribution in [2.24, 2.45) is 5.92 Å². The fraction of sp³-hybridized carbons (Fsp3) is 0.300. The summed E-state index contributed by atoms with van der Waals surface area (Å²) in [4.78, 5) is 16.8. The number of hydrogen-bond acceptors (Lipinski definition) is 2. The Morgan fingerprint density at radius 1 is 0.750 bits per heavy atom. The normalized spacial score (nSPS) is 23.4. The van der Waals surface area contributed by atoms with E-state index in [9.17, 15) is 4.79 Å². The highest BCUT2D eigenvalue weighted by atomic mass is 16.1. The van der Waals surface area contributed by atoms with E-state index in [0.717, 1.165) is 46.5 Å². The topological polar surface area (TPSA) is 20.3 Å². The van der Waals surface area contributed by atoms with Crippen LogP contribution >= 0.6 is 0 Å². The highest BCUT2D eigenvalue weighted by Crippen LogP contribution is 2.41. The fourth-order valence-electron chi connectivity index (χ4n) is 6.23. The maximum absolute atomic E-state index is 14.1. The van der Waals surface area contributed by atoms with Gasteiger partial charge in [-0.15, -0.1) is 0 Å². The number of piperidine rings is 2. The predicted octanol–water partition coefficient (Wildman–Crippen LogP) is 7.01. The van der Waals surface area contributed by atoms with E-state index in [-0.39, 0.29) is 5.92 Å². The molecule has 0 aliphatic carbocycles. The summed E-state index contributed by atoms with van der Waals surface area (Å²) >= 11 is 0. The number of nitrogens with zero attached hydrogens (tertiary/aromatic N) is 1. The zero-order chi connectivity index (χ0) is 21.5. The summed E-state index contributed by atoms with van der Waals surface area (Å²) in [5, 5.41) is 4.54. The van der Waals surface area contributed by atoms with Gasteiger partial charge in [0.05, 0.1) is 0 Å². The number of carbonyl (C=O) groups is 1. The highest BCUT2D eigenvalue weighted by Gasteiger charge is 2.41. The average Bonchev–Trinajstić information content (AvgIpc) is 2.82. The minimum Gasteiger partial charge on any atom is -0.294 e. The van der Waals surface area contributed by atoms with E-state index in [0.29, 0.717) is 17.9 Å². The summed E-state index contributed by atoms with van der Waals surface area (Å²) in [7, 11) is 0. The molecule has 4 aromatic rings. The van der Waals surface area contributed by atoms with Crippen molar-refractivity contribution in [3.8, 4) is 0 Å². The number of fused-ring (bicyclic) bond motifs is 4. The molecule has 2 nitrogen and oxygen atoms in total. The van der Waals surface area contributed by atoms with Crippen molar-refractivity contribution in [1.82, 2.24) is 4.90 Å². The fourth-order valence-corrected chi connectivity index (χ4v) is 6.23. The van der Waals surface area contributed by atoms with Crippen LogP contribution in [0.25, 0.3) is 21.5 Å². The van der Waals surface area contributed by atoms with Gasteiger partial charge in [-0.2, -0.15) is 0 Å². The minimum atomic E-state index is 0.117. The van der Waals surface area contributed by atoms with Gasteiger partial charge in [0.15, 0.2) is 5.78 Å². The molecule has 32 heavy (non-hydrogen) atoms. The lowest BCUT2D eigenvalue weighted by Crippen LogP contribution is -2.52. The van der Waals surface area contributed by atoms with Crippen molar-refractivity contribution in [1.29, 1.82) is 0 Å². The van der Waals surface area contributed by atoms with E-state index >= 15 is 0 Å². The Hall–Kier alpha value is -2.97. The summed E-state index contributed by atoms with van der Waals surface area (Å²) in [6.45, 7) is 1.01. The molecule has 0 saturated carbocycles. The molecule has 0 N–H and O–H groups in total. The van der Waals surface area contributed by atoms with E-state index in [4.69, 9.17) is 0 Å². The van der Waals surface area contributed by atoms with Gasteiger partial charge in [0, 0.05) is 30.1 Å². The van der Waals surface area contributed by atoms with Gasteiger partial charge < -0.3 is 0 Å². The van der Waals surface area contributed by atoms with Crippen LogP contribution < -0.4 is 0 Å². The molecule has 2 fully saturated rings. The molecular formula is C30H29NO. The molecule has 0 radical (unpaired) electrons. The molecule has 2 heterocycles. The molecule has 2 bridgehead atoms. The summed E-state index contributed by atoms with van der Waals surface area (Å²) in [5.41, 5.74) is 2.33. The molecule has 0 spiro atoms. The molecule has 0 amide bonds. The molecule has 0 aromatic heterocycles. The maximum atomic E-state index is 14.1. The van der Waals surface area contributed by atoms with E-state index in [2.05, 4.69) is 89.8 Å². The van der Waals surface area contributed by atoms with Gasteiger partial charge in [0.25, 0.3) is 0 Å². The van der Waals surface area contributed by atoms with Crippen LogP contribution in [-0.2, 0) is 6.54 Å². The molecule has 160 valence electrons. The summed E-state index contributed by atoms with van der Waals surface area (Å²) < 4.78 is 0. The number of rotatable bonds is 4. The number of hydrogen-bond donors (Lipinski definition) is 0. The third-order valence-electron chi connectivity index (χ3n) is 7.72. The third-order valence-corrected chi connectivity index (χ3v) is 7.72. The monoisotopic (exact) mass is 419 g/mol. The Bertz CT molecular complexity index is 1210. The second-order valence-electron chi connectivity index (χ2n) is 9.62. The van der Waals surface area contributed by atoms with Crippen LogP contribution in [0, 0.1) is 5.92 Å². The second kappa shape index (κ2) is 8.18. The SMILES string of the molecule is O=C(c1c2ccccc2cc2ccccc12)C1CC2CCCC(C1)N2Cc1ccccc1. The van der Waals surface area contributed by atoms with Crippen LogP contribution in [0.2, 0.25) is 0 Å². The molecule has 4 aromatic carbocycles. The number of benzene rings is 4. The molecule has 2 atom stereocenters. The van der Waals surface area contributed by atoms with Crippen molar-refractivity contribution >= 4 is 27.3 Å². The van der Waals surface area contributed by atoms with Crippen LogP contribution in [0.15, 0.2) is 84.9 Å². The van der Waals surface area contributed by atoms with Gasteiger partial charge in [0.2, 0.25) is 0 Å². The van der Waals surface area contributed by atoms with Gasteiger partial charge in [-0.25, -0.2) is 0 Å². The smallest absolute Gasteiger partial charge is 0.167 e. The highest BCUT2D eigenvalue weighted by molar-refractivity contribution is 6.19. The van der Waals surface area contributed by atoms with Crippen molar-refractivity contribution in [2.75, 3.05) is 0 Å². The van der Waals surface area contributed by atoms with Crippen LogP contribution in [0.5, 0.6) is 0 Å². The molecule has 6 rings (SSSR count). The number of ketones is 1. The Labute approximate surface area is 189 Å². The van der Waals surface area contributed by atoms with E-state index in [1.54, 1.807) is 0 Å². The first-order valence-corrected chi connectivity index (χ1v) is 12.0. The average molecular weight is 420 g/mol. The maximum Gasteiger partial charge on any atom is 0.167 e. The second-order valence-corrected chi connectivity index (χ2v) is 9.62. The quantitative estimate of drug-likeness (QED) is 0.262. The minimum absolute atomic E-state index is 0.117. The summed E-state index contributed by atoms with van der Waals surface area (Å²) in [6.07, 6.45) is 5.69. The zero-order valence-electron chi connectivity index (χ0n) is 18.4. The first kappa shape index (κ1) is 19.7. The first-order chi connectivity index (χ1) is 15.8. The molecule has 2 aliphatic rings. The Balaban J connectivity index is 1.35. The van der Waals surface area contributed by atoms with Gasteiger partial charge >= 0.3 is 0 Å². The number of carbonyl (C=O) groups excluding carboxylic acids is 1. The Kier molecular flexibility index (Phi) is 5.04. The lowest BCUT2D eigenvalue weighted by Gasteiger charge is -2.48. The third kappa shape index (κ3) is 3.43. The van der Waals surface area contributed by atoms with Crippen molar-refractivity contribution in [3.63, 3.8) is 0 Å². The van der Waals surface area contributed by atoms with Crippen molar-refractivity contribution < 1.29 is 4.79 Å². The summed E-state index contributed by atoms with van der Waals surface area (Å²) in [5.74, 6) is 0.473. The van der Waals surface area contributed by atoms with E-state index < -0.39 is 0 Å². The van der Waals surface area contributed by atoms with E-state index in [1.165, 1.54) is 24.8 Å². The van der Waals surface area contributed by atoms with Gasteiger partial charge in [0.1, 0.15) is 0 Å². The standard InChI is InChI=1S/C30H29NO/c32-30(29-27-15-6-4-11-22(27)17-23-12-5-7-16-28(23)29)24-18-25-13-8-14-26(19-24)31(25)20-21-9-2-1-3-10-21/h1-7,9-12,15-17,24-26H,8,13-14,18-20H2. The molecule has 2 aliphatic heterocycles. The molecule has 2 unspecified atom stereocenters. The van der Waals surface area contributed by atoms with Crippen LogP contribution in [0.4, 0.5) is 0 Å². The van der Waals surface area contributed by atoms with Gasteiger partial charge in [-0.05, 0) is 58.9 Å². The zero-order valence-corrected chi connectivity index (χ0v) is 18.4. The first-order valence-electron chi connectivity index (χ1n) is 12.0. The predicted molar refractivity (Wildman–Crippen MR) is 132 cm³/mol. The molecule has 2 heteroatoms. The van der Waals surface area contributed by atoms with Crippen molar-refractivity contribution in [2.45, 2.75) is 50.7 Å². The lowest BCUT2D eigenvalue weighted by molar-refractivity contribution is 0.00916. The van der Waals surface area contributed by atoms with Crippen LogP contribution in [0.3, 0.4) is 0 Å². The Morgan fingerprint density at radius 3 is 1.94 bits per heavy atom. The van der Waals surface area contributed by atoms with Gasteiger partial charge in [-0.3, -0.25) is 9.69 Å². The molecule has 2 saturated heterocycles. The van der Waals surface area contributed by atoms with Crippen LogP contribution in [-0.4, -0.2) is 22.8 Å². The van der Waals surface area contributed by atoms with Gasteiger partial charge in [-0.1, -0.05) is 85.3 Å².